The lowest BCUT2D eigenvalue weighted by atomic mass is 9.93. The largest absolute Gasteiger partial charge is 0.497 e. The van der Waals surface area contributed by atoms with Crippen molar-refractivity contribution in [2.24, 2.45) is 11.8 Å². The molecule has 0 radical (unpaired) electrons. The van der Waals surface area contributed by atoms with Crippen LogP contribution in [0.1, 0.15) is 49.8 Å². The van der Waals surface area contributed by atoms with Crippen molar-refractivity contribution in [3.63, 3.8) is 0 Å². The van der Waals surface area contributed by atoms with Gasteiger partial charge in [0.1, 0.15) is 29.7 Å². The molecule has 3 atom stereocenters. The number of carboxylic acids is 1. The first-order chi connectivity index (χ1) is 17.9. The Hall–Kier alpha value is -3.54. The first kappa shape index (κ1) is 25.1. The predicted molar refractivity (Wildman–Crippen MR) is 140 cm³/mol. The maximum Gasteiger partial charge on any atom is 0.307 e. The summed E-state index contributed by atoms with van der Waals surface area (Å²) in [6.45, 7) is 4.98. The van der Waals surface area contributed by atoms with Gasteiger partial charge in [-0.3, -0.25) is 4.79 Å². The molecule has 1 spiro atoms. The van der Waals surface area contributed by atoms with Gasteiger partial charge in [0.05, 0.1) is 19.6 Å². The number of methoxy groups -OCH3 is 1. The van der Waals surface area contributed by atoms with Gasteiger partial charge < -0.3 is 19.3 Å². The minimum Gasteiger partial charge on any atom is -0.497 e. The fraction of sp³-hybridized carbons (Fsp3) is 0.387. The van der Waals surface area contributed by atoms with Gasteiger partial charge in [-0.05, 0) is 78.3 Å². The van der Waals surface area contributed by atoms with E-state index in [2.05, 4.69) is 13.0 Å². The van der Waals surface area contributed by atoms with Gasteiger partial charge in [0.2, 0.25) is 0 Å². The van der Waals surface area contributed by atoms with Gasteiger partial charge in [0.25, 0.3) is 0 Å². The number of benzene rings is 3. The number of fused-ring (bicyclic) bond motifs is 2. The second-order valence-corrected chi connectivity index (χ2v) is 10.1. The summed E-state index contributed by atoms with van der Waals surface area (Å²) in [6.07, 6.45) is 3.68. The van der Waals surface area contributed by atoms with Crippen LogP contribution in [0.3, 0.4) is 0 Å². The highest BCUT2D eigenvalue weighted by Crippen LogP contribution is 2.66. The molecule has 6 heteroatoms. The standard InChI is InChI=1S/C31H33FO5/c1-4-5-14-36-28-15-20(6-10-24(28)25-16-22(35-3)9-11-27(25)32)18-37-23-8-7-21-12-13-31(26(21)17-23)19(2)29(31)30(33)34/h6-11,15-17,19,29H,4-5,12-14,18H2,1-3H3,(H,33,34). The zero-order chi connectivity index (χ0) is 26.2. The third-order valence-corrected chi connectivity index (χ3v) is 8.09. The highest BCUT2D eigenvalue weighted by Gasteiger charge is 2.68. The molecule has 2 aliphatic rings. The molecule has 194 valence electrons. The van der Waals surface area contributed by atoms with Crippen molar-refractivity contribution in [2.45, 2.75) is 51.6 Å². The van der Waals surface area contributed by atoms with Crippen LogP contribution in [0.4, 0.5) is 4.39 Å². The lowest BCUT2D eigenvalue weighted by Crippen LogP contribution is -2.12. The Labute approximate surface area is 217 Å². The van der Waals surface area contributed by atoms with Gasteiger partial charge in [0, 0.05) is 16.5 Å². The third kappa shape index (κ3) is 4.54. The maximum atomic E-state index is 14.7. The van der Waals surface area contributed by atoms with Gasteiger partial charge >= 0.3 is 5.97 Å². The van der Waals surface area contributed by atoms with Crippen molar-refractivity contribution in [2.75, 3.05) is 13.7 Å². The fourth-order valence-electron chi connectivity index (χ4n) is 5.96. The molecule has 0 heterocycles. The molecular weight excluding hydrogens is 471 g/mol. The van der Waals surface area contributed by atoms with E-state index in [4.69, 9.17) is 14.2 Å². The van der Waals surface area contributed by atoms with Gasteiger partial charge in [-0.2, -0.15) is 0 Å². The summed E-state index contributed by atoms with van der Waals surface area (Å²) in [7, 11) is 1.56. The number of unbranched alkanes of at least 4 members (excludes halogenated alkanes) is 1. The van der Waals surface area contributed by atoms with Crippen LogP contribution in [-0.2, 0) is 23.2 Å². The van der Waals surface area contributed by atoms with Crippen molar-refractivity contribution in [3.8, 4) is 28.4 Å². The highest BCUT2D eigenvalue weighted by molar-refractivity contribution is 5.79. The molecule has 0 bridgehead atoms. The molecule has 2 aliphatic carbocycles. The maximum absolute atomic E-state index is 14.7. The van der Waals surface area contributed by atoms with E-state index in [1.807, 2.05) is 37.3 Å². The summed E-state index contributed by atoms with van der Waals surface area (Å²) in [6, 6.07) is 16.4. The molecule has 1 saturated carbocycles. The Bertz CT molecular complexity index is 1320. The van der Waals surface area contributed by atoms with Crippen LogP contribution in [0, 0.1) is 17.7 Å². The lowest BCUT2D eigenvalue weighted by molar-refractivity contribution is -0.139. The van der Waals surface area contributed by atoms with E-state index in [9.17, 15) is 14.3 Å². The zero-order valence-corrected chi connectivity index (χ0v) is 21.6. The van der Waals surface area contributed by atoms with Crippen LogP contribution in [0.2, 0.25) is 0 Å². The quantitative estimate of drug-likeness (QED) is 0.308. The summed E-state index contributed by atoms with van der Waals surface area (Å²) in [4.78, 5) is 11.8. The molecule has 5 nitrogen and oxygen atoms in total. The number of hydrogen-bond donors (Lipinski definition) is 1. The Balaban J connectivity index is 1.38. The highest BCUT2D eigenvalue weighted by atomic mass is 19.1. The molecule has 0 saturated heterocycles. The summed E-state index contributed by atoms with van der Waals surface area (Å²) in [5.74, 6) is 0.657. The average Bonchev–Trinajstić information content (AvgIpc) is 3.33. The molecule has 1 fully saturated rings. The number of aliphatic carboxylic acids is 1. The Morgan fingerprint density at radius 1 is 1.05 bits per heavy atom. The molecule has 0 aromatic heterocycles. The van der Waals surface area contributed by atoms with Crippen LogP contribution in [-0.4, -0.2) is 24.8 Å². The minimum atomic E-state index is -0.713. The first-order valence-corrected chi connectivity index (χ1v) is 13.0. The molecule has 3 aromatic carbocycles. The average molecular weight is 505 g/mol. The van der Waals surface area contributed by atoms with Crippen LogP contribution in [0.15, 0.2) is 54.6 Å². The van der Waals surface area contributed by atoms with Crippen molar-refractivity contribution in [1.29, 1.82) is 0 Å². The van der Waals surface area contributed by atoms with Crippen molar-refractivity contribution in [1.82, 2.24) is 0 Å². The summed E-state index contributed by atoms with van der Waals surface area (Å²) < 4.78 is 32.3. The molecule has 3 unspecified atom stereocenters. The Morgan fingerprint density at radius 2 is 1.86 bits per heavy atom. The van der Waals surface area contributed by atoms with Gasteiger partial charge in [-0.15, -0.1) is 0 Å². The number of ether oxygens (including phenoxy) is 3. The van der Waals surface area contributed by atoms with Crippen LogP contribution < -0.4 is 14.2 Å². The molecule has 3 aromatic rings. The Kier molecular flexibility index (Phi) is 6.84. The second kappa shape index (κ2) is 10.1. The van der Waals surface area contributed by atoms with Gasteiger partial charge in [0.15, 0.2) is 0 Å². The van der Waals surface area contributed by atoms with Crippen molar-refractivity contribution >= 4 is 5.97 Å². The number of carbonyl (C=O) groups is 1. The predicted octanol–water partition coefficient (Wildman–Crippen LogP) is 6.79. The van der Waals surface area contributed by atoms with E-state index in [-0.39, 0.29) is 23.1 Å². The molecular formula is C31H33FO5. The normalized spacial score (nSPS) is 21.5. The van der Waals surface area contributed by atoms with Crippen molar-refractivity contribution < 1.29 is 28.5 Å². The number of rotatable bonds is 10. The van der Waals surface area contributed by atoms with Crippen LogP contribution in [0.25, 0.3) is 11.1 Å². The van der Waals surface area contributed by atoms with Crippen LogP contribution in [0.5, 0.6) is 17.2 Å². The number of aryl methyl sites for hydroxylation is 1. The number of hydrogen-bond acceptors (Lipinski definition) is 4. The topological polar surface area (TPSA) is 65.0 Å². The number of halogens is 1. The van der Waals surface area contributed by atoms with E-state index >= 15 is 0 Å². The van der Waals surface area contributed by atoms with Gasteiger partial charge in [-0.25, -0.2) is 4.39 Å². The van der Waals surface area contributed by atoms with Gasteiger partial charge in [-0.1, -0.05) is 38.5 Å². The van der Waals surface area contributed by atoms with E-state index in [1.54, 1.807) is 19.2 Å². The SMILES string of the molecule is CCCCOc1cc(COc2ccc3c(c2)C2(CC3)C(C)C2C(=O)O)ccc1-c1cc(OC)ccc1F. The molecule has 5 rings (SSSR count). The van der Waals surface area contributed by atoms with E-state index in [0.717, 1.165) is 42.6 Å². The van der Waals surface area contributed by atoms with E-state index in [0.29, 0.717) is 35.8 Å². The number of carboxylic acid groups (broad SMARTS) is 1. The third-order valence-electron chi connectivity index (χ3n) is 8.09. The second-order valence-electron chi connectivity index (χ2n) is 10.1. The molecule has 0 aliphatic heterocycles. The fourth-order valence-corrected chi connectivity index (χ4v) is 5.96. The monoisotopic (exact) mass is 504 g/mol. The van der Waals surface area contributed by atoms with Crippen molar-refractivity contribution in [3.05, 3.63) is 77.1 Å². The Morgan fingerprint density at radius 3 is 2.59 bits per heavy atom. The minimum absolute atomic E-state index is 0.133. The smallest absolute Gasteiger partial charge is 0.307 e. The van der Waals surface area contributed by atoms with E-state index in [1.165, 1.54) is 11.6 Å². The van der Waals surface area contributed by atoms with Crippen LogP contribution >= 0.6 is 0 Å². The zero-order valence-electron chi connectivity index (χ0n) is 21.6. The first-order valence-electron chi connectivity index (χ1n) is 13.0. The summed E-state index contributed by atoms with van der Waals surface area (Å²) in [5.41, 5.74) is 4.07. The molecule has 37 heavy (non-hydrogen) atoms. The van der Waals surface area contributed by atoms with E-state index < -0.39 is 5.97 Å². The lowest BCUT2D eigenvalue weighted by Gasteiger charge is -2.16. The summed E-state index contributed by atoms with van der Waals surface area (Å²) >= 11 is 0. The molecule has 1 N–H and O–H groups in total. The molecule has 0 amide bonds. The summed E-state index contributed by atoms with van der Waals surface area (Å²) in [5, 5.41) is 9.68.